The lowest BCUT2D eigenvalue weighted by atomic mass is 10.0. The summed E-state index contributed by atoms with van der Waals surface area (Å²) in [6.07, 6.45) is 1.56. The minimum Gasteiger partial charge on any atom is -0.454 e. The van der Waals surface area contributed by atoms with E-state index in [4.69, 9.17) is 9.47 Å². The predicted molar refractivity (Wildman–Crippen MR) is 101 cm³/mol. The molecule has 0 fully saturated rings. The van der Waals surface area contributed by atoms with Crippen molar-refractivity contribution in [2.24, 2.45) is 5.10 Å². The zero-order valence-electron chi connectivity index (χ0n) is 15.2. The monoisotopic (exact) mass is 367 g/mol. The number of nitrogens with zero attached hydrogens (tertiary/aromatic N) is 1. The quantitative estimate of drug-likeness (QED) is 0.606. The summed E-state index contributed by atoms with van der Waals surface area (Å²) in [6.45, 7) is 4.21. The van der Waals surface area contributed by atoms with Gasteiger partial charge >= 0.3 is 0 Å². The molecule has 0 saturated heterocycles. The van der Waals surface area contributed by atoms with E-state index in [9.17, 15) is 9.59 Å². The Hall–Kier alpha value is -3.35. The lowest BCUT2D eigenvalue weighted by Gasteiger charge is -2.05. The van der Waals surface area contributed by atoms with Crippen molar-refractivity contribution in [2.45, 2.75) is 19.8 Å². The highest BCUT2D eigenvalue weighted by atomic mass is 16.7. The molecule has 3 rings (SSSR count). The highest BCUT2D eigenvalue weighted by Crippen LogP contribution is 2.32. The van der Waals surface area contributed by atoms with Crippen LogP contribution in [0.15, 0.2) is 47.6 Å². The van der Waals surface area contributed by atoms with Crippen LogP contribution in [0.5, 0.6) is 11.5 Å². The molecule has 0 saturated carbocycles. The fourth-order valence-corrected chi connectivity index (χ4v) is 2.49. The Morgan fingerprint density at radius 3 is 2.59 bits per heavy atom. The van der Waals surface area contributed by atoms with Crippen LogP contribution < -0.4 is 20.2 Å². The molecule has 0 unspecified atom stereocenters. The number of ether oxygens (including phenoxy) is 2. The highest BCUT2D eigenvalue weighted by molar-refractivity contribution is 5.97. The number of rotatable bonds is 6. The van der Waals surface area contributed by atoms with Gasteiger partial charge in [0.05, 0.1) is 12.8 Å². The van der Waals surface area contributed by atoms with Crippen LogP contribution in [0.3, 0.4) is 0 Å². The van der Waals surface area contributed by atoms with Crippen molar-refractivity contribution in [1.82, 2.24) is 10.7 Å². The second-order valence-electron chi connectivity index (χ2n) is 6.37. The van der Waals surface area contributed by atoms with Crippen molar-refractivity contribution >= 4 is 18.0 Å². The van der Waals surface area contributed by atoms with E-state index in [0.29, 0.717) is 23.0 Å². The molecule has 2 aromatic carbocycles. The van der Waals surface area contributed by atoms with Crippen LogP contribution >= 0.6 is 0 Å². The number of carbonyl (C=O) groups is 2. The van der Waals surface area contributed by atoms with Gasteiger partial charge in [0, 0.05) is 5.56 Å². The van der Waals surface area contributed by atoms with Crippen molar-refractivity contribution in [3.05, 3.63) is 59.2 Å². The number of fused-ring (bicyclic) bond motifs is 1. The number of nitrogens with one attached hydrogen (secondary N) is 2. The van der Waals surface area contributed by atoms with Crippen LogP contribution in [0, 0.1) is 0 Å². The summed E-state index contributed by atoms with van der Waals surface area (Å²) < 4.78 is 10.4. The van der Waals surface area contributed by atoms with E-state index in [1.165, 1.54) is 5.56 Å². The first-order chi connectivity index (χ1) is 13.0. The first-order valence-electron chi connectivity index (χ1n) is 8.62. The Morgan fingerprint density at radius 1 is 1.11 bits per heavy atom. The van der Waals surface area contributed by atoms with Gasteiger partial charge in [-0.1, -0.05) is 38.1 Å². The standard InChI is InChI=1S/C20H21N3O4/c1-13(2)15-5-3-14(4-6-15)10-22-23-19(24)11-21-20(25)16-7-8-17-18(9-16)27-12-26-17/h3-10,13H,11-12H2,1-2H3,(H,21,25)(H,23,24)/b22-10+. The summed E-state index contributed by atoms with van der Waals surface area (Å²) in [4.78, 5) is 23.9. The molecule has 0 spiro atoms. The van der Waals surface area contributed by atoms with Crippen molar-refractivity contribution in [2.75, 3.05) is 13.3 Å². The zero-order chi connectivity index (χ0) is 19.2. The van der Waals surface area contributed by atoms with E-state index < -0.39 is 5.91 Å². The summed E-state index contributed by atoms with van der Waals surface area (Å²) in [5, 5.41) is 6.44. The number of hydrazone groups is 1. The van der Waals surface area contributed by atoms with Crippen molar-refractivity contribution in [3.63, 3.8) is 0 Å². The van der Waals surface area contributed by atoms with Crippen LogP contribution in [0.1, 0.15) is 41.3 Å². The SMILES string of the molecule is CC(C)c1ccc(/C=N/NC(=O)CNC(=O)c2ccc3c(c2)OCO3)cc1. The third-order valence-corrected chi connectivity index (χ3v) is 4.05. The van der Waals surface area contributed by atoms with Crippen LogP contribution in [-0.2, 0) is 4.79 Å². The number of benzene rings is 2. The maximum absolute atomic E-state index is 12.1. The Kier molecular flexibility index (Phi) is 5.71. The van der Waals surface area contributed by atoms with Crippen LogP contribution in [0.2, 0.25) is 0 Å². The van der Waals surface area contributed by atoms with Gasteiger partial charge in [0.2, 0.25) is 6.79 Å². The topological polar surface area (TPSA) is 89.0 Å². The molecular formula is C20H21N3O4. The molecule has 2 N–H and O–H groups in total. The molecule has 140 valence electrons. The molecule has 0 aromatic heterocycles. The highest BCUT2D eigenvalue weighted by Gasteiger charge is 2.16. The van der Waals surface area contributed by atoms with Crippen LogP contribution in [-0.4, -0.2) is 31.4 Å². The molecule has 7 nitrogen and oxygen atoms in total. The normalized spacial score (nSPS) is 12.4. The number of carbonyl (C=O) groups excluding carboxylic acids is 2. The van der Waals surface area contributed by atoms with Crippen molar-refractivity contribution in [3.8, 4) is 11.5 Å². The number of hydrogen-bond donors (Lipinski definition) is 2. The molecule has 7 heteroatoms. The number of amides is 2. The fourth-order valence-electron chi connectivity index (χ4n) is 2.49. The Labute approximate surface area is 157 Å². The summed E-state index contributed by atoms with van der Waals surface area (Å²) >= 11 is 0. The van der Waals surface area contributed by atoms with E-state index in [1.54, 1.807) is 24.4 Å². The molecular weight excluding hydrogens is 346 g/mol. The minimum atomic E-state index is -0.417. The zero-order valence-corrected chi connectivity index (χ0v) is 15.2. The van der Waals surface area contributed by atoms with E-state index in [2.05, 4.69) is 29.7 Å². The van der Waals surface area contributed by atoms with Crippen molar-refractivity contribution < 1.29 is 19.1 Å². The molecule has 0 bridgehead atoms. The van der Waals surface area contributed by atoms with E-state index >= 15 is 0 Å². The Balaban J connectivity index is 1.46. The Morgan fingerprint density at radius 2 is 1.85 bits per heavy atom. The maximum atomic E-state index is 12.1. The molecule has 0 aliphatic carbocycles. The molecule has 0 atom stereocenters. The van der Waals surface area contributed by atoms with E-state index in [1.807, 2.05) is 24.3 Å². The lowest BCUT2D eigenvalue weighted by molar-refractivity contribution is -0.120. The second kappa shape index (κ2) is 8.35. The van der Waals surface area contributed by atoms with Gasteiger partial charge in [-0.25, -0.2) is 5.43 Å². The molecule has 0 radical (unpaired) electrons. The first kappa shape index (κ1) is 18.4. The molecule has 2 aromatic rings. The molecule has 27 heavy (non-hydrogen) atoms. The molecule has 1 heterocycles. The first-order valence-corrected chi connectivity index (χ1v) is 8.62. The van der Waals surface area contributed by atoms with Gasteiger partial charge in [0.15, 0.2) is 11.5 Å². The predicted octanol–water partition coefficient (Wildman–Crippen LogP) is 2.42. The van der Waals surface area contributed by atoms with Gasteiger partial charge in [-0.05, 0) is 35.2 Å². The summed E-state index contributed by atoms with van der Waals surface area (Å²) in [5.74, 6) is 0.778. The molecule has 2 amide bonds. The second-order valence-corrected chi connectivity index (χ2v) is 6.37. The average Bonchev–Trinajstić information content (AvgIpc) is 3.14. The van der Waals surface area contributed by atoms with Gasteiger partial charge in [0.1, 0.15) is 0 Å². The largest absolute Gasteiger partial charge is 0.454 e. The van der Waals surface area contributed by atoms with Gasteiger partial charge in [-0.15, -0.1) is 0 Å². The average molecular weight is 367 g/mol. The Bertz CT molecular complexity index is 860. The molecule has 1 aliphatic heterocycles. The molecule has 1 aliphatic rings. The van der Waals surface area contributed by atoms with E-state index in [-0.39, 0.29) is 19.2 Å². The van der Waals surface area contributed by atoms with E-state index in [0.717, 1.165) is 5.56 Å². The van der Waals surface area contributed by atoms with Gasteiger partial charge in [0.25, 0.3) is 11.8 Å². The van der Waals surface area contributed by atoms with Gasteiger partial charge in [-0.2, -0.15) is 5.10 Å². The third kappa shape index (κ3) is 4.84. The third-order valence-electron chi connectivity index (χ3n) is 4.05. The van der Waals surface area contributed by atoms with Crippen LogP contribution in [0.4, 0.5) is 0 Å². The summed E-state index contributed by atoms with van der Waals surface area (Å²) in [6, 6.07) is 12.8. The minimum absolute atomic E-state index is 0.140. The lowest BCUT2D eigenvalue weighted by Crippen LogP contribution is -2.34. The van der Waals surface area contributed by atoms with Crippen molar-refractivity contribution in [1.29, 1.82) is 0 Å². The smallest absolute Gasteiger partial charge is 0.259 e. The maximum Gasteiger partial charge on any atom is 0.259 e. The number of hydrogen-bond acceptors (Lipinski definition) is 5. The van der Waals surface area contributed by atoms with Gasteiger partial charge in [-0.3, -0.25) is 9.59 Å². The van der Waals surface area contributed by atoms with Gasteiger partial charge < -0.3 is 14.8 Å². The summed E-state index contributed by atoms with van der Waals surface area (Å²) in [5.41, 5.74) is 4.89. The fraction of sp³-hybridized carbons (Fsp3) is 0.250. The van der Waals surface area contributed by atoms with Crippen LogP contribution in [0.25, 0.3) is 0 Å². The summed E-state index contributed by atoms with van der Waals surface area (Å²) in [7, 11) is 0.